The first-order valence-corrected chi connectivity index (χ1v) is 11.5. The first-order valence-electron chi connectivity index (χ1n) is 11.1. The molecule has 0 saturated carbocycles. The summed E-state index contributed by atoms with van der Waals surface area (Å²) >= 11 is 6.40. The summed E-state index contributed by atoms with van der Waals surface area (Å²) in [5.41, 5.74) is 3.02. The number of anilines is 1. The molecular weight excluding hydrogens is 478 g/mol. The van der Waals surface area contributed by atoms with Crippen LogP contribution >= 0.6 is 11.6 Å². The summed E-state index contributed by atoms with van der Waals surface area (Å²) in [6, 6.07) is 21.6. The third-order valence-electron chi connectivity index (χ3n) is 5.26. The number of hydrogen-bond acceptors (Lipinski definition) is 5. The number of hydrogen-bond donors (Lipinski definition) is 2. The molecule has 2 amide bonds. The number of methoxy groups -OCH3 is 1. The molecule has 3 aromatic carbocycles. The standard InChI is InChI=1S/C28H26ClN3O4/c1-18-9-11-23(12-10-18)32-26(33)17-36-27-24(29)14-20(15-25(27)35-3)13-22(16-30)28(34)31-19(2)21-7-5-4-6-8-21/h4-15,19H,17H2,1-3H3,(H,31,34)(H,32,33)/b22-13-/t19-/m1/s1. The molecule has 0 aromatic heterocycles. The molecule has 184 valence electrons. The maximum atomic E-state index is 12.7. The zero-order valence-electron chi connectivity index (χ0n) is 20.2. The Balaban J connectivity index is 1.71. The highest BCUT2D eigenvalue weighted by Crippen LogP contribution is 2.37. The fraction of sp³-hybridized carbons (Fsp3) is 0.179. The minimum absolute atomic E-state index is 0.0953. The monoisotopic (exact) mass is 503 g/mol. The molecule has 2 N–H and O–H groups in total. The van der Waals surface area contributed by atoms with Gasteiger partial charge < -0.3 is 20.1 Å². The Bertz CT molecular complexity index is 1300. The van der Waals surface area contributed by atoms with Crippen LogP contribution in [0.15, 0.2) is 72.3 Å². The minimum atomic E-state index is -0.517. The Morgan fingerprint density at radius 3 is 2.44 bits per heavy atom. The number of nitriles is 1. The van der Waals surface area contributed by atoms with Crippen LogP contribution in [-0.4, -0.2) is 25.5 Å². The number of amides is 2. The van der Waals surface area contributed by atoms with Gasteiger partial charge in [0.15, 0.2) is 18.1 Å². The molecule has 0 radical (unpaired) electrons. The summed E-state index contributed by atoms with van der Waals surface area (Å²) in [6.07, 6.45) is 1.41. The van der Waals surface area contributed by atoms with Gasteiger partial charge in [-0.25, -0.2) is 0 Å². The maximum absolute atomic E-state index is 12.7. The van der Waals surface area contributed by atoms with Gasteiger partial charge in [0.25, 0.3) is 11.8 Å². The van der Waals surface area contributed by atoms with E-state index in [2.05, 4.69) is 10.6 Å². The Hall–Kier alpha value is -4.28. The van der Waals surface area contributed by atoms with E-state index in [-0.39, 0.29) is 40.7 Å². The Morgan fingerprint density at radius 1 is 1.11 bits per heavy atom. The van der Waals surface area contributed by atoms with Crippen LogP contribution in [0.5, 0.6) is 11.5 Å². The van der Waals surface area contributed by atoms with Crippen molar-refractivity contribution in [2.24, 2.45) is 0 Å². The first-order chi connectivity index (χ1) is 17.3. The van der Waals surface area contributed by atoms with Gasteiger partial charge in [-0.05, 0) is 55.3 Å². The van der Waals surface area contributed by atoms with Gasteiger partial charge in [-0.2, -0.15) is 5.26 Å². The number of halogens is 1. The highest BCUT2D eigenvalue weighted by atomic mass is 35.5. The van der Waals surface area contributed by atoms with Gasteiger partial charge >= 0.3 is 0 Å². The molecule has 0 heterocycles. The third-order valence-corrected chi connectivity index (χ3v) is 5.54. The second-order valence-electron chi connectivity index (χ2n) is 8.01. The third kappa shape index (κ3) is 7.11. The fourth-order valence-electron chi connectivity index (χ4n) is 3.35. The fourth-order valence-corrected chi connectivity index (χ4v) is 3.62. The van der Waals surface area contributed by atoms with Crippen LogP contribution in [0.3, 0.4) is 0 Å². The van der Waals surface area contributed by atoms with Crippen LogP contribution in [0.25, 0.3) is 6.08 Å². The molecule has 36 heavy (non-hydrogen) atoms. The van der Waals surface area contributed by atoms with E-state index >= 15 is 0 Å². The van der Waals surface area contributed by atoms with Crippen LogP contribution in [-0.2, 0) is 9.59 Å². The molecule has 0 spiro atoms. The van der Waals surface area contributed by atoms with E-state index in [1.165, 1.54) is 19.3 Å². The molecule has 0 saturated heterocycles. The lowest BCUT2D eigenvalue weighted by atomic mass is 10.1. The van der Waals surface area contributed by atoms with Gasteiger partial charge in [0.2, 0.25) is 0 Å². The van der Waals surface area contributed by atoms with Crippen LogP contribution in [0.1, 0.15) is 29.7 Å². The molecule has 0 aliphatic heterocycles. The van der Waals surface area contributed by atoms with E-state index in [9.17, 15) is 14.9 Å². The van der Waals surface area contributed by atoms with Crippen LogP contribution in [0.4, 0.5) is 5.69 Å². The molecule has 3 aromatic rings. The SMILES string of the molecule is COc1cc(/C=C(/C#N)C(=O)N[C@H](C)c2ccccc2)cc(Cl)c1OCC(=O)Nc1ccc(C)cc1. The number of carbonyl (C=O) groups is 2. The molecule has 7 nitrogen and oxygen atoms in total. The molecule has 0 unspecified atom stereocenters. The smallest absolute Gasteiger partial charge is 0.262 e. The lowest BCUT2D eigenvalue weighted by molar-refractivity contribution is -0.118. The number of nitrogens with one attached hydrogen (secondary N) is 2. The quantitative estimate of drug-likeness (QED) is 0.298. The summed E-state index contributed by atoms with van der Waals surface area (Å²) in [7, 11) is 1.43. The van der Waals surface area contributed by atoms with E-state index < -0.39 is 5.91 Å². The average Bonchev–Trinajstić information content (AvgIpc) is 2.88. The Labute approximate surface area is 215 Å². The summed E-state index contributed by atoms with van der Waals surface area (Å²) in [4.78, 5) is 25.0. The normalized spacial score (nSPS) is 11.7. The zero-order chi connectivity index (χ0) is 26.1. The van der Waals surface area contributed by atoms with Gasteiger partial charge in [0.1, 0.15) is 11.6 Å². The van der Waals surface area contributed by atoms with Crippen molar-refractivity contribution in [1.29, 1.82) is 5.26 Å². The lowest BCUT2D eigenvalue weighted by Crippen LogP contribution is -2.27. The number of aryl methyl sites for hydroxylation is 1. The molecule has 3 rings (SSSR count). The summed E-state index contributed by atoms with van der Waals surface area (Å²) in [6.45, 7) is 3.50. The highest BCUT2D eigenvalue weighted by Gasteiger charge is 2.17. The summed E-state index contributed by atoms with van der Waals surface area (Å²) < 4.78 is 11.0. The lowest BCUT2D eigenvalue weighted by Gasteiger charge is -2.15. The van der Waals surface area contributed by atoms with Crippen molar-refractivity contribution in [3.8, 4) is 17.6 Å². The number of nitrogens with zero attached hydrogens (tertiary/aromatic N) is 1. The van der Waals surface area contributed by atoms with Crippen molar-refractivity contribution in [2.75, 3.05) is 19.0 Å². The number of ether oxygens (including phenoxy) is 2. The van der Waals surface area contributed by atoms with Gasteiger partial charge in [0.05, 0.1) is 18.2 Å². The van der Waals surface area contributed by atoms with E-state index in [0.717, 1.165) is 11.1 Å². The van der Waals surface area contributed by atoms with Crippen molar-refractivity contribution in [2.45, 2.75) is 19.9 Å². The summed E-state index contributed by atoms with van der Waals surface area (Å²) in [5.74, 6) is -0.447. The van der Waals surface area contributed by atoms with Crippen molar-refractivity contribution >= 4 is 35.2 Å². The molecule has 0 aliphatic rings. The largest absolute Gasteiger partial charge is 0.493 e. The Morgan fingerprint density at radius 2 is 1.81 bits per heavy atom. The van der Waals surface area contributed by atoms with E-state index in [4.69, 9.17) is 21.1 Å². The predicted octanol–water partition coefficient (Wildman–Crippen LogP) is 5.46. The van der Waals surface area contributed by atoms with Crippen molar-refractivity contribution in [3.63, 3.8) is 0 Å². The second-order valence-corrected chi connectivity index (χ2v) is 8.42. The van der Waals surface area contributed by atoms with E-state index in [1.807, 2.05) is 62.4 Å². The van der Waals surface area contributed by atoms with Crippen LogP contribution in [0, 0.1) is 18.3 Å². The molecule has 8 heteroatoms. The Kier molecular flexibility index (Phi) is 9.09. The second kappa shape index (κ2) is 12.4. The maximum Gasteiger partial charge on any atom is 0.262 e. The number of rotatable bonds is 9. The molecule has 0 bridgehead atoms. The molecule has 0 fully saturated rings. The van der Waals surface area contributed by atoms with Crippen LogP contribution < -0.4 is 20.1 Å². The number of carbonyl (C=O) groups excluding carboxylic acids is 2. The molecule has 0 aliphatic carbocycles. The average molecular weight is 504 g/mol. The van der Waals surface area contributed by atoms with Gasteiger partial charge in [0, 0.05) is 5.69 Å². The number of benzene rings is 3. The van der Waals surface area contributed by atoms with E-state index in [0.29, 0.717) is 11.3 Å². The van der Waals surface area contributed by atoms with Crippen molar-refractivity contribution < 1.29 is 19.1 Å². The highest BCUT2D eigenvalue weighted by molar-refractivity contribution is 6.32. The van der Waals surface area contributed by atoms with Crippen molar-refractivity contribution in [1.82, 2.24) is 5.32 Å². The first kappa shape index (κ1) is 26.3. The molecular formula is C28H26ClN3O4. The summed E-state index contributed by atoms with van der Waals surface area (Å²) in [5, 5.41) is 15.3. The topological polar surface area (TPSA) is 100 Å². The van der Waals surface area contributed by atoms with Gasteiger partial charge in [-0.15, -0.1) is 0 Å². The van der Waals surface area contributed by atoms with E-state index in [1.54, 1.807) is 18.2 Å². The predicted molar refractivity (Wildman–Crippen MR) is 140 cm³/mol. The van der Waals surface area contributed by atoms with Gasteiger partial charge in [-0.3, -0.25) is 9.59 Å². The van der Waals surface area contributed by atoms with Gasteiger partial charge in [-0.1, -0.05) is 59.6 Å². The zero-order valence-corrected chi connectivity index (χ0v) is 20.9. The van der Waals surface area contributed by atoms with Crippen LogP contribution in [0.2, 0.25) is 5.02 Å². The van der Waals surface area contributed by atoms with Crippen molar-refractivity contribution in [3.05, 3.63) is 94.0 Å². The minimum Gasteiger partial charge on any atom is -0.493 e. The molecule has 1 atom stereocenters.